The fourth-order valence-corrected chi connectivity index (χ4v) is 1.84. The Morgan fingerprint density at radius 1 is 1.38 bits per heavy atom. The summed E-state index contributed by atoms with van der Waals surface area (Å²) < 4.78 is 5.37. The van der Waals surface area contributed by atoms with Crippen LogP contribution < -0.4 is 5.32 Å². The van der Waals surface area contributed by atoms with E-state index in [1.165, 1.54) is 5.56 Å². The first kappa shape index (κ1) is 11.0. The third-order valence-electron chi connectivity index (χ3n) is 2.47. The number of anilines is 1. The molecule has 0 saturated heterocycles. The number of carbonyl (C=O) groups is 1. The monoisotopic (exact) mass is 219 g/mol. The van der Waals surface area contributed by atoms with E-state index in [4.69, 9.17) is 4.74 Å². The molecule has 2 rings (SSSR count). The molecule has 1 aliphatic heterocycles. The van der Waals surface area contributed by atoms with Crippen molar-refractivity contribution < 1.29 is 9.53 Å². The third-order valence-corrected chi connectivity index (χ3v) is 2.47. The first-order valence-electron chi connectivity index (χ1n) is 5.56. The van der Waals surface area contributed by atoms with Gasteiger partial charge in [0.25, 0.3) is 0 Å². The molecule has 0 fully saturated rings. The van der Waals surface area contributed by atoms with Crippen molar-refractivity contribution in [2.45, 2.75) is 32.8 Å². The smallest absolute Gasteiger partial charge is 0.340 e. The summed E-state index contributed by atoms with van der Waals surface area (Å²) in [6.45, 7) is 6.53. The summed E-state index contributed by atoms with van der Waals surface area (Å²) in [7, 11) is 0. The lowest BCUT2D eigenvalue weighted by atomic mass is 10.1. The van der Waals surface area contributed by atoms with E-state index in [1.807, 2.05) is 39.0 Å². The molecule has 0 spiro atoms. The standard InChI is InChI=1S/C13H17NO2/c1-13(2,3)16-12(15)10-6-4-5-9-7-8-14-11(9)10/h4-6,14H,7-8H2,1-3H3. The molecule has 3 heteroatoms. The zero-order valence-electron chi connectivity index (χ0n) is 9.96. The van der Waals surface area contributed by atoms with Crippen molar-refractivity contribution in [2.24, 2.45) is 0 Å². The van der Waals surface area contributed by atoms with Gasteiger partial charge in [0.2, 0.25) is 0 Å². The largest absolute Gasteiger partial charge is 0.456 e. The maximum atomic E-state index is 12.0. The number of esters is 1. The molecule has 0 radical (unpaired) electrons. The molecule has 1 aromatic rings. The van der Waals surface area contributed by atoms with Crippen LogP contribution in [0.25, 0.3) is 0 Å². The Kier molecular flexibility index (Phi) is 2.62. The van der Waals surface area contributed by atoms with Crippen molar-refractivity contribution in [2.75, 3.05) is 11.9 Å². The van der Waals surface area contributed by atoms with Crippen LogP contribution in [0, 0.1) is 0 Å². The van der Waals surface area contributed by atoms with Gasteiger partial charge in [-0.2, -0.15) is 0 Å². The van der Waals surface area contributed by atoms with Crippen LogP contribution in [0.4, 0.5) is 5.69 Å². The topological polar surface area (TPSA) is 38.3 Å². The predicted molar refractivity (Wildman–Crippen MR) is 63.8 cm³/mol. The molecule has 0 aromatic heterocycles. The first-order valence-corrected chi connectivity index (χ1v) is 5.56. The first-order chi connectivity index (χ1) is 7.47. The summed E-state index contributed by atoms with van der Waals surface area (Å²) in [5.41, 5.74) is 2.34. The lowest BCUT2D eigenvalue weighted by molar-refractivity contribution is 0.00707. The van der Waals surface area contributed by atoms with E-state index >= 15 is 0 Å². The number of hydrogen-bond acceptors (Lipinski definition) is 3. The van der Waals surface area contributed by atoms with Crippen LogP contribution in [0.1, 0.15) is 36.7 Å². The number of carbonyl (C=O) groups excluding carboxylic acids is 1. The van der Waals surface area contributed by atoms with Crippen LogP contribution in [-0.4, -0.2) is 18.1 Å². The van der Waals surface area contributed by atoms with Gasteiger partial charge in [-0.05, 0) is 38.8 Å². The van der Waals surface area contributed by atoms with Gasteiger partial charge in [-0.3, -0.25) is 0 Å². The molecule has 0 saturated carbocycles. The van der Waals surface area contributed by atoms with Crippen LogP contribution in [0.3, 0.4) is 0 Å². The minimum atomic E-state index is -0.446. The van der Waals surface area contributed by atoms with E-state index in [1.54, 1.807) is 0 Å². The lowest BCUT2D eigenvalue weighted by Gasteiger charge is -2.20. The molecule has 3 nitrogen and oxygen atoms in total. The molecule has 1 aromatic carbocycles. The van der Waals surface area contributed by atoms with Gasteiger partial charge in [-0.15, -0.1) is 0 Å². The van der Waals surface area contributed by atoms with E-state index < -0.39 is 5.60 Å². The molecule has 0 atom stereocenters. The summed E-state index contributed by atoms with van der Waals surface area (Å²) in [4.78, 5) is 12.0. The van der Waals surface area contributed by atoms with Gasteiger partial charge in [0, 0.05) is 6.54 Å². The van der Waals surface area contributed by atoms with Crippen molar-refractivity contribution >= 4 is 11.7 Å². The van der Waals surface area contributed by atoms with Crippen molar-refractivity contribution in [3.63, 3.8) is 0 Å². The second-order valence-corrected chi connectivity index (χ2v) is 5.02. The van der Waals surface area contributed by atoms with Crippen molar-refractivity contribution in [3.05, 3.63) is 29.3 Å². The van der Waals surface area contributed by atoms with E-state index in [2.05, 4.69) is 5.32 Å². The molecule has 16 heavy (non-hydrogen) atoms. The molecule has 0 unspecified atom stereocenters. The Bertz CT molecular complexity index is 418. The maximum absolute atomic E-state index is 12.0. The van der Waals surface area contributed by atoms with E-state index in [9.17, 15) is 4.79 Å². The number of nitrogens with one attached hydrogen (secondary N) is 1. The van der Waals surface area contributed by atoms with Gasteiger partial charge >= 0.3 is 5.97 Å². The van der Waals surface area contributed by atoms with Crippen molar-refractivity contribution in [1.29, 1.82) is 0 Å². The molecule has 1 heterocycles. The lowest BCUT2D eigenvalue weighted by Crippen LogP contribution is -2.24. The van der Waals surface area contributed by atoms with E-state index in [0.29, 0.717) is 5.56 Å². The number of hydrogen-bond donors (Lipinski definition) is 1. The molecule has 1 aliphatic rings. The maximum Gasteiger partial charge on any atom is 0.340 e. The second kappa shape index (κ2) is 3.81. The average Bonchev–Trinajstić information content (AvgIpc) is 2.61. The van der Waals surface area contributed by atoms with Crippen molar-refractivity contribution in [3.8, 4) is 0 Å². The number of benzene rings is 1. The minimum absolute atomic E-state index is 0.251. The highest BCUT2D eigenvalue weighted by Crippen LogP contribution is 2.27. The zero-order chi connectivity index (χ0) is 11.8. The molecule has 0 aliphatic carbocycles. The Morgan fingerprint density at radius 2 is 2.12 bits per heavy atom. The molecular weight excluding hydrogens is 202 g/mol. The van der Waals surface area contributed by atoms with Crippen LogP contribution in [0.2, 0.25) is 0 Å². The van der Waals surface area contributed by atoms with Gasteiger partial charge < -0.3 is 10.1 Å². The summed E-state index contributed by atoms with van der Waals surface area (Å²) in [6.07, 6.45) is 0.978. The van der Waals surface area contributed by atoms with Gasteiger partial charge in [0.15, 0.2) is 0 Å². The highest BCUT2D eigenvalue weighted by Gasteiger charge is 2.23. The number of rotatable bonds is 1. The highest BCUT2D eigenvalue weighted by molar-refractivity contribution is 5.97. The van der Waals surface area contributed by atoms with Crippen LogP contribution in [-0.2, 0) is 11.2 Å². The minimum Gasteiger partial charge on any atom is -0.456 e. The van der Waals surface area contributed by atoms with Gasteiger partial charge in [0.1, 0.15) is 5.60 Å². The average molecular weight is 219 g/mol. The van der Waals surface area contributed by atoms with Gasteiger partial charge in [0.05, 0.1) is 11.3 Å². The SMILES string of the molecule is CC(C)(C)OC(=O)c1cccc2c1NCC2. The van der Waals surface area contributed by atoms with Gasteiger partial charge in [-0.25, -0.2) is 4.79 Å². The fraction of sp³-hybridized carbons (Fsp3) is 0.462. The number of ether oxygens (including phenoxy) is 1. The quantitative estimate of drug-likeness (QED) is 0.738. The van der Waals surface area contributed by atoms with Crippen LogP contribution in [0.5, 0.6) is 0 Å². The molecule has 86 valence electrons. The summed E-state index contributed by atoms with van der Waals surface area (Å²) in [5.74, 6) is -0.251. The normalized spacial score (nSPS) is 14.2. The Morgan fingerprint density at radius 3 is 2.81 bits per heavy atom. The van der Waals surface area contributed by atoms with Crippen LogP contribution >= 0.6 is 0 Å². The summed E-state index contributed by atoms with van der Waals surface area (Å²) >= 11 is 0. The molecule has 0 bridgehead atoms. The number of fused-ring (bicyclic) bond motifs is 1. The zero-order valence-corrected chi connectivity index (χ0v) is 9.96. The Labute approximate surface area is 95.8 Å². The Hall–Kier alpha value is -1.51. The summed E-state index contributed by atoms with van der Waals surface area (Å²) in [5, 5.41) is 3.23. The van der Waals surface area contributed by atoms with E-state index in [-0.39, 0.29) is 5.97 Å². The predicted octanol–water partition coefficient (Wildman–Crippen LogP) is 2.61. The highest BCUT2D eigenvalue weighted by atomic mass is 16.6. The second-order valence-electron chi connectivity index (χ2n) is 5.02. The molecular formula is C13H17NO2. The van der Waals surface area contributed by atoms with Crippen molar-refractivity contribution in [1.82, 2.24) is 0 Å². The fourth-order valence-electron chi connectivity index (χ4n) is 1.84. The molecule has 1 N–H and O–H groups in total. The van der Waals surface area contributed by atoms with Gasteiger partial charge in [-0.1, -0.05) is 12.1 Å². The summed E-state index contributed by atoms with van der Waals surface area (Å²) in [6, 6.07) is 5.76. The van der Waals surface area contributed by atoms with E-state index in [0.717, 1.165) is 18.7 Å². The molecule has 0 amide bonds. The number of para-hydroxylation sites is 1. The third kappa shape index (κ3) is 2.18. The Balaban J connectivity index is 2.28. The van der Waals surface area contributed by atoms with Crippen LogP contribution in [0.15, 0.2) is 18.2 Å².